The fraction of sp³-hybridized carbons (Fsp3) is 0.714. The summed E-state index contributed by atoms with van der Waals surface area (Å²) in [6.45, 7) is 5.45. The predicted molar refractivity (Wildman–Crippen MR) is 71.1 cm³/mol. The van der Waals surface area contributed by atoms with Crippen molar-refractivity contribution in [2.45, 2.75) is 44.8 Å². The van der Waals surface area contributed by atoms with Crippen LogP contribution >= 0.6 is 0 Å². The zero-order valence-corrected chi connectivity index (χ0v) is 11.2. The minimum Gasteiger partial charge on any atom is -0.468 e. The van der Waals surface area contributed by atoms with Crippen LogP contribution in [0.1, 0.15) is 38.5 Å². The summed E-state index contributed by atoms with van der Waals surface area (Å²) in [6, 6.07) is 4.19. The third kappa shape index (κ3) is 2.46. The maximum absolute atomic E-state index is 9.59. The highest BCUT2D eigenvalue weighted by Gasteiger charge is 2.39. The largest absolute Gasteiger partial charge is 0.468 e. The van der Waals surface area contributed by atoms with E-state index < -0.39 is 0 Å². The lowest BCUT2D eigenvalue weighted by Crippen LogP contribution is -2.45. The lowest BCUT2D eigenvalue weighted by atomic mass is 9.99. The molecule has 0 bridgehead atoms. The van der Waals surface area contributed by atoms with E-state index in [2.05, 4.69) is 18.7 Å². The molecule has 2 heterocycles. The molecule has 1 aliphatic heterocycles. The van der Waals surface area contributed by atoms with Crippen LogP contribution in [0, 0.1) is 5.92 Å². The van der Waals surface area contributed by atoms with Crippen molar-refractivity contribution in [2.75, 3.05) is 13.2 Å². The third-order valence-corrected chi connectivity index (χ3v) is 4.18. The number of rotatable bonds is 5. The number of nitrogens with two attached hydrogens (primary N) is 1. The summed E-state index contributed by atoms with van der Waals surface area (Å²) in [7, 11) is 0. The van der Waals surface area contributed by atoms with Crippen LogP contribution in [0.5, 0.6) is 0 Å². The molecule has 0 aromatic carbocycles. The highest BCUT2D eigenvalue weighted by molar-refractivity contribution is 5.10. The Morgan fingerprint density at radius 1 is 1.61 bits per heavy atom. The number of hydrogen-bond donors (Lipinski definition) is 2. The number of hydrogen-bond acceptors (Lipinski definition) is 4. The summed E-state index contributed by atoms with van der Waals surface area (Å²) in [5.74, 6) is 1.42. The van der Waals surface area contributed by atoms with Gasteiger partial charge >= 0.3 is 0 Å². The van der Waals surface area contributed by atoms with Crippen molar-refractivity contribution in [1.82, 2.24) is 4.90 Å². The number of likely N-dealkylation sites (tertiary alicyclic amines) is 1. The molecule has 0 aliphatic carbocycles. The maximum atomic E-state index is 9.59. The molecule has 18 heavy (non-hydrogen) atoms. The summed E-state index contributed by atoms with van der Waals surface area (Å²) >= 11 is 0. The molecule has 1 aromatic rings. The Hall–Kier alpha value is -0.840. The van der Waals surface area contributed by atoms with E-state index in [-0.39, 0.29) is 24.7 Å². The summed E-state index contributed by atoms with van der Waals surface area (Å²) < 4.78 is 5.56. The minimum absolute atomic E-state index is 0.0375. The van der Waals surface area contributed by atoms with Crippen molar-refractivity contribution >= 4 is 0 Å². The molecule has 0 saturated carbocycles. The van der Waals surface area contributed by atoms with Crippen LogP contribution in [0.4, 0.5) is 0 Å². The molecule has 1 saturated heterocycles. The van der Waals surface area contributed by atoms with Gasteiger partial charge in [-0.2, -0.15) is 0 Å². The van der Waals surface area contributed by atoms with Gasteiger partial charge in [0, 0.05) is 12.1 Å². The topological polar surface area (TPSA) is 62.6 Å². The Kier molecular flexibility index (Phi) is 4.43. The quantitative estimate of drug-likeness (QED) is 0.838. The molecule has 1 aliphatic rings. The second kappa shape index (κ2) is 5.87. The van der Waals surface area contributed by atoms with Crippen LogP contribution in [0.25, 0.3) is 0 Å². The summed E-state index contributed by atoms with van der Waals surface area (Å²) in [4.78, 5) is 2.32. The van der Waals surface area contributed by atoms with Gasteiger partial charge in [-0.1, -0.05) is 13.8 Å². The standard InChI is InChI=1S/C14H24N2O2/c1-3-11(15)14(13-5-4-8-18-13)16-7-6-10(2)12(16)9-17/h4-5,8,10-12,14,17H,3,6-7,9,15H2,1-2H3. The fourth-order valence-electron chi connectivity index (χ4n) is 2.97. The highest BCUT2D eigenvalue weighted by atomic mass is 16.3. The first kappa shape index (κ1) is 13.6. The molecule has 2 rings (SSSR count). The molecule has 0 radical (unpaired) electrons. The van der Waals surface area contributed by atoms with Gasteiger partial charge in [0.15, 0.2) is 0 Å². The Bertz CT molecular complexity index is 353. The van der Waals surface area contributed by atoms with Gasteiger partial charge in [-0.25, -0.2) is 0 Å². The van der Waals surface area contributed by atoms with Crippen molar-refractivity contribution < 1.29 is 9.52 Å². The fourth-order valence-corrected chi connectivity index (χ4v) is 2.97. The predicted octanol–water partition coefficient (Wildman–Crippen LogP) is 1.76. The number of aliphatic hydroxyl groups excluding tert-OH is 1. The van der Waals surface area contributed by atoms with Gasteiger partial charge in [0.1, 0.15) is 5.76 Å². The lowest BCUT2D eigenvalue weighted by Gasteiger charge is -2.35. The summed E-state index contributed by atoms with van der Waals surface area (Å²) in [5, 5.41) is 9.59. The van der Waals surface area contributed by atoms with Gasteiger partial charge in [0.2, 0.25) is 0 Å². The Labute approximate surface area is 109 Å². The van der Waals surface area contributed by atoms with Crippen molar-refractivity contribution in [1.29, 1.82) is 0 Å². The molecule has 0 spiro atoms. The first-order valence-electron chi connectivity index (χ1n) is 6.84. The maximum Gasteiger partial charge on any atom is 0.122 e. The molecule has 1 aromatic heterocycles. The van der Waals surface area contributed by atoms with Crippen LogP contribution in [0.2, 0.25) is 0 Å². The van der Waals surface area contributed by atoms with E-state index in [0.29, 0.717) is 5.92 Å². The molecule has 3 N–H and O–H groups in total. The number of aliphatic hydroxyl groups is 1. The molecule has 102 valence electrons. The minimum atomic E-state index is 0.0375. The Morgan fingerprint density at radius 3 is 2.94 bits per heavy atom. The van der Waals surface area contributed by atoms with E-state index in [9.17, 15) is 5.11 Å². The smallest absolute Gasteiger partial charge is 0.122 e. The Morgan fingerprint density at radius 2 is 2.39 bits per heavy atom. The monoisotopic (exact) mass is 252 g/mol. The number of furan rings is 1. The van der Waals surface area contributed by atoms with Gasteiger partial charge < -0.3 is 15.3 Å². The van der Waals surface area contributed by atoms with E-state index in [1.807, 2.05) is 12.1 Å². The van der Waals surface area contributed by atoms with Crippen molar-refractivity contribution in [3.8, 4) is 0 Å². The lowest BCUT2D eigenvalue weighted by molar-refractivity contribution is 0.0789. The van der Waals surface area contributed by atoms with Crippen molar-refractivity contribution in [3.63, 3.8) is 0 Å². The molecule has 4 unspecified atom stereocenters. The SMILES string of the molecule is CCC(N)C(c1ccco1)N1CCC(C)C1CO. The average molecular weight is 252 g/mol. The zero-order chi connectivity index (χ0) is 13.1. The average Bonchev–Trinajstić information content (AvgIpc) is 3.00. The van der Waals surface area contributed by atoms with Crippen molar-refractivity contribution in [3.05, 3.63) is 24.2 Å². The number of nitrogens with zero attached hydrogens (tertiary/aromatic N) is 1. The third-order valence-electron chi connectivity index (χ3n) is 4.18. The van der Waals surface area contributed by atoms with Crippen LogP contribution in [-0.2, 0) is 0 Å². The van der Waals surface area contributed by atoms with E-state index in [4.69, 9.17) is 10.2 Å². The molecule has 4 nitrogen and oxygen atoms in total. The van der Waals surface area contributed by atoms with E-state index in [0.717, 1.165) is 25.1 Å². The molecule has 4 heteroatoms. The van der Waals surface area contributed by atoms with Crippen LogP contribution in [0.15, 0.2) is 22.8 Å². The van der Waals surface area contributed by atoms with E-state index in [1.165, 1.54) is 0 Å². The Balaban J connectivity index is 2.24. The molecule has 4 atom stereocenters. The summed E-state index contributed by atoms with van der Waals surface area (Å²) in [6.07, 6.45) is 3.70. The summed E-state index contributed by atoms with van der Waals surface area (Å²) in [5.41, 5.74) is 6.27. The first-order chi connectivity index (χ1) is 8.69. The van der Waals surface area contributed by atoms with Gasteiger partial charge in [0.05, 0.1) is 18.9 Å². The normalized spacial score (nSPS) is 28.4. The zero-order valence-electron chi connectivity index (χ0n) is 11.2. The van der Waals surface area contributed by atoms with Gasteiger partial charge in [-0.05, 0) is 37.4 Å². The molecular formula is C14H24N2O2. The van der Waals surface area contributed by atoms with Crippen LogP contribution < -0.4 is 5.73 Å². The van der Waals surface area contributed by atoms with Crippen LogP contribution in [-0.4, -0.2) is 35.2 Å². The van der Waals surface area contributed by atoms with Crippen LogP contribution in [0.3, 0.4) is 0 Å². The van der Waals surface area contributed by atoms with E-state index in [1.54, 1.807) is 6.26 Å². The van der Waals surface area contributed by atoms with E-state index >= 15 is 0 Å². The molecular weight excluding hydrogens is 228 g/mol. The second-order valence-electron chi connectivity index (χ2n) is 5.29. The van der Waals surface area contributed by atoms with Crippen molar-refractivity contribution in [2.24, 2.45) is 11.7 Å². The van der Waals surface area contributed by atoms with Gasteiger partial charge in [-0.15, -0.1) is 0 Å². The molecule has 1 fully saturated rings. The first-order valence-corrected chi connectivity index (χ1v) is 6.84. The highest BCUT2D eigenvalue weighted by Crippen LogP contribution is 2.34. The van der Waals surface area contributed by atoms with Gasteiger partial charge in [0.25, 0.3) is 0 Å². The molecule has 0 amide bonds. The second-order valence-corrected chi connectivity index (χ2v) is 5.29. The van der Waals surface area contributed by atoms with Gasteiger partial charge in [-0.3, -0.25) is 4.90 Å².